The fourth-order valence-electron chi connectivity index (χ4n) is 3.29. The summed E-state index contributed by atoms with van der Waals surface area (Å²) in [4.78, 5) is 16.8. The van der Waals surface area contributed by atoms with Gasteiger partial charge < -0.3 is 14.8 Å². The Labute approximate surface area is 134 Å². The first kappa shape index (κ1) is 15.7. The van der Waals surface area contributed by atoms with E-state index < -0.39 is 0 Å². The highest BCUT2D eigenvalue weighted by molar-refractivity contribution is 5.93. The fraction of sp³-hybridized carbons (Fsp3) is 0.562. The van der Waals surface area contributed by atoms with Crippen LogP contribution in [0.3, 0.4) is 0 Å². The zero-order chi connectivity index (χ0) is 16.6. The predicted molar refractivity (Wildman–Crippen MR) is 82.8 cm³/mol. The molecule has 2 heterocycles. The van der Waals surface area contributed by atoms with E-state index in [9.17, 15) is 9.90 Å². The molecule has 0 aromatic carbocycles. The predicted octanol–water partition coefficient (Wildman–Crippen LogP) is 1.66. The highest BCUT2D eigenvalue weighted by Gasteiger charge is 2.46. The molecule has 1 fully saturated rings. The number of aliphatic hydroxyl groups excluding tert-OH is 1. The first-order chi connectivity index (χ1) is 10.9. The molecule has 3 rings (SSSR count). The van der Waals surface area contributed by atoms with E-state index in [-0.39, 0.29) is 24.0 Å². The molecule has 0 aliphatic heterocycles. The first-order valence-corrected chi connectivity index (χ1v) is 7.79. The summed E-state index contributed by atoms with van der Waals surface area (Å²) < 4.78 is 7.04. The highest BCUT2D eigenvalue weighted by Crippen LogP contribution is 2.49. The van der Waals surface area contributed by atoms with Crippen LogP contribution in [0.25, 0.3) is 0 Å². The molecule has 0 radical (unpaired) electrons. The van der Waals surface area contributed by atoms with Crippen LogP contribution in [-0.2, 0) is 7.05 Å². The zero-order valence-corrected chi connectivity index (χ0v) is 13.7. The van der Waals surface area contributed by atoms with Crippen molar-refractivity contribution in [1.29, 1.82) is 0 Å². The summed E-state index contributed by atoms with van der Waals surface area (Å²) in [5, 5.41) is 17.1. The second kappa shape index (κ2) is 5.81. The lowest BCUT2D eigenvalue weighted by atomic mass is 9.63. The molecule has 124 valence electrons. The van der Waals surface area contributed by atoms with E-state index >= 15 is 0 Å². The number of hydrogen-bond donors (Lipinski definition) is 2. The lowest BCUT2D eigenvalue weighted by Gasteiger charge is -2.46. The minimum Gasteiger partial charge on any atom is -0.445 e. The maximum Gasteiger partial charge on any atom is 0.274 e. The quantitative estimate of drug-likeness (QED) is 0.874. The number of hydrogen-bond acceptors (Lipinski definition) is 5. The molecule has 0 bridgehead atoms. The summed E-state index contributed by atoms with van der Waals surface area (Å²) in [5.41, 5.74) is 0.863. The number of oxazole rings is 1. The van der Waals surface area contributed by atoms with Crippen molar-refractivity contribution >= 4 is 5.91 Å². The Kier molecular flexibility index (Phi) is 3.97. The van der Waals surface area contributed by atoms with Crippen LogP contribution in [0.2, 0.25) is 0 Å². The third-order valence-corrected chi connectivity index (χ3v) is 4.73. The minimum atomic E-state index is -0.328. The lowest BCUT2D eigenvalue weighted by molar-refractivity contribution is 0.00589. The van der Waals surface area contributed by atoms with Crippen LogP contribution in [-0.4, -0.2) is 32.4 Å². The Morgan fingerprint density at radius 2 is 2.26 bits per heavy atom. The molecule has 2 aromatic heterocycles. The molecule has 0 spiro atoms. The normalized spacial score (nSPS) is 17.6. The molecule has 1 saturated carbocycles. The van der Waals surface area contributed by atoms with Crippen LogP contribution in [0.4, 0.5) is 0 Å². The molecule has 2 aromatic rings. The van der Waals surface area contributed by atoms with Crippen molar-refractivity contribution in [2.24, 2.45) is 12.5 Å². The average Bonchev–Trinajstić information content (AvgIpc) is 3.02. The molecular weight excluding hydrogens is 296 g/mol. The van der Waals surface area contributed by atoms with Crippen LogP contribution in [0.1, 0.15) is 53.0 Å². The standard InChI is InChI=1S/C16H22N4O3/c1-10-13(18-11(2)23-10)15(22)19-14(12-7-17-20(3)8-12)16(9-21)5-4-6-16/h7-8,14,21H,4-6,9H2,1-3H3,(H,19,22). The molecule has 1 aliphatic rings. The maximum absolute atomic E-state index is 12.6. The summed E-state index contributed by atoms with van der Waals surface area (Å²) in [6.45, 7) is 3.46. The monoisotopic (exact) mass is 318 g/mol. The van der Waals surface area contributed by atoms with Crippen LogP contribution in [0, 0.1) is 19.3 Å². The van der Waals surface area contributed by atoms with Crippen molar-refractivity contribution in [2.45, 2.75) is 39.2 Å². The number of nitrogens with zero attached hydrogens (tertiary/aromatic N) is 3. The second-order valence-corrected chi connectivity index (χ2v) is 6.37. The van der Waals surface area contributed by atoms with Crippen molar-refractivity contribution in [2.75, 3.05) is 6.61 Å². The molecule has 7 nitrogen and oxygen atoms in total. The van der Waals surface area contributed by atoms with Crippen molar-refractivity contribution in [3.63, 3.8) is 0 Å². The lowest BCUT2D eigenvalue weighted by Crippen LogP contribution is -2.47. The van der Waals surface area contributed by atoms with Gasteiger partial charge >= 0.3 is 0 Å². The number of nitrogens with one attached hydrogen (secondary N) is 1. The van der Waals surface area contributed by atoms with Gasteiger partial charge in [-0.3, -0.25) is 9.48 Å². The van der Waals surface area contributed by atoms with Gasteiger partial charge in [0.1, 0.15) is 5.76 Å². The van der Waals surface area contributed by atoms with Crippen LogP contribution in [0.15, 0.2) is 16.8 Å². The van der Waals surface area contributed by atoms with E-state index in [4.69, 9.17) is 4.42 Å². The summed E-state index contributed by atoms with van der Waals surface area (Å²) in [6.07, 6.45) is 6.42. The highest BCUT2D eigenvalue weighted by atomic mass is 16.4. The second-order valence-electron chi connectivity index (χ2n) is 6.37. The van der Waals surface area contributed by atoms with Crippen LogP contribution < -0.4 is 5.32 Å². The molecular formula is C16H22N4O3. The van der Waals surface area contributed by atoms with Gasteiger partial charge in [0, 0.05) is 31.1 Å². The topological polar surface area (TPSA) is 93.2 Å². The van der Waals surface area contributed by atoms with Gasteiger partial charge in [-0.1, -0.05) is 6.42 Å². The summed E-state index contributed by atoms with van der Waals surface area (Å²) >= 11 is 0. The largest absolute Gasteiger partial charge is 0.445 e. The number of aryl methyl sites for hydroxylation is 3. The van der Waals surface area contributed by atoms with E-state index in [2.05, 4.69) is 15.4 Å². The number of carbonyl (C=O) groups excluding carboxylic acids is 1. The zero-order valence-electron chi connectivity index (χ0n) is 13.7. The molecule has 1 atom stereocenters. The van der Waals surface area contributed by atoms with Gasteiger partial charge in [-0.15, -0.1) is 0 Å². The van der Waals surface area contributed by atoms with Gasteiger partial charge in [0.15, 0.2) is 11.6 Å². The Morgan fingerprint density at radius 3 is 2.70 bits per heavy atom. The minimum absolute atomic E-state index is 0.0314. The number of aromatic nitrogens is 3. The number of carbonyl (C=O) groups is 1. The molecule has 1 amide bonds. The van der Waals surface area contributed by atoms with Gasteiger partial charge in [0.05, 0.1) is 18.8 Å². The fourth-order valence-corrected chi connectivity index (χ4v) is 3.29. The van der Waals surface area contributed by atoms with Crippen molar-refractivity contribution in [1.82, 2.24) is 20.1 Å². The molecule has 0 saturated heterocycles. The van der Waals surface area contributed by atoms with Crippen molar-refractivity contribution < 1.29 is 14.3 Å². The average molecular weight is 318 g/mol. The summed E-state index contributed by atoms with van der Waals surface area (Å²) in [5.74, 6) is 0.676. The SMILES string of the molecule is Cc1nc(C(=O)NC(c2cnn(C)c2)C2(CO)CCC2)c(C)o1. The molecule has 2 N–H and O–H groups in total. The van der Waals surface area contributed by atoms with E-state index in [0.717, 1.165) is 24.8 Å². The Bertz CT molecular complexity index is 709. The van der Waals surface area contributed by atoms with E-state index in [1.165, 1.54) is 0 Å². The van der Waals surface area contributed by atoms with Gasteiger partial charge in [0.25, 0.3) is 5.91 Å². The molecule has 7 heteroatoms. The van der Waals surface area contributed by atoms with Gasteiger partial charge in [0.2, 0.25) is 0 Å². The van der Waals surface area contributed by atoms with E-state index in [1.54, 1.807) is 24.7 Å². The maximum atomic E-state index is 12.6. The molecule has 23 heavy (non-hydrogen) atoms. The third kappa shape index (κ3) is 2.76. The first-order valence-electron chi connectivity index (χ1n) is 7.79. The number of amides is 1. The third-order valence-electron chi connectivity index (χ3n) is 4.73. The van der Waals surface area contributed by atoms with Crippen molar-refractivity contribution in [3.05, 3.63) is 35.3 Å². The van der Waals surface area contributed by atoms with Gasteiger partial charge in [-0.2, -0.15) is 5.10 Å². The van der Waals surface area contributed by atoms with Gasteiger partial charge in [-0.05, 0) is 19.8 Å². The van der Waals surface area contributed by atoms with Crippen LogP contribution in [0.5, 0.6) is 0 Å². The van der Waals surface area contributed by atoms with E-state index in [0.29, 0.717) is 17.3 Å². The smallest absolute Gasteiger partial charge is 0.274 e. The number of rotatable bonds is 5. The Balaban J connectivity index is 1.90. The summed E-state index contributed by atoms with van der Waals surface area (Å²) in [6, 6.07) is -0.293. The number of aliphatic hydroxyl groups is 1. The Morgan fingerprint density at radius 1 is 1.52 bits per heavy atom. The Hall–Kier alpha value is -2.15. The summed E-state index contributed by atoms with van der Waals surface area (Å²) in [7, 11) is 1.83. The van der Waals surface area contributed by atoms with Crippen LogP contribution >= 0.6 is 0 Å². The molecule has 1 unspecified atom stereocenters. The molecule has 1 aliphatic carbocycles. The van der Waals surface area contributed by atoms with Crippen molar-refractivity contribution in [3.8, 4) is 0 Å². The van der Waals surface area contributed by atoms with Gasteiger partial charge in [-0.25, -0.2) is 4.98 Å². The van der Waals surface area contributed by atoms with E-state index in [1.807, 2.05) is 13.2 Å².